The van der Waals surface area contributed by atoms with E-state index in [1.807, 2.05) is 42.5 Å². The van der Waals surface area contributed by atoms with Crippen molar-refractivity contribution in [3.8, 4) is 11.4 Å². The number of anilines is 1. The van der Waals surface area contributed by atoms with E-state index in [4.69, 9.17) is 0 Å². The van der Waals surface area contributed by atoms with Crippen LogP contribution in [-0.4, -0.2) is 26.4 Å². The number of hydrogen-bond donors (Lipinski definition) is 1. The van der Waals surface area contributed by atoms with Crippen LogP contribution in [0.2, 0.25) is 0 Å². The van der Waals surface area contributed by atoms with Gasteiger partial charge in [0.15, 0.2) is 11.0 Å². The smallest absolute Gasteiger partial charge is 0.234 e. The third-order valence-electron chi connectivity index (χ3n) is 5.02. The minimum Gasteiger partial charge on any atom is -0.325 e. The third kappa shape index (κ3) is 4.67. The molecule has 2 heterocycles. The predicted octanol–water partition coefficient (Wildman–Crippen LogP) is 6.59. The van der Waals surface area contributed by atoms with Gasteiger partial charge in [-0.05, 0) is 37.3 Å². The highest BCUT2D eigenvalue weighted by Crippen LogP contribution is 2.33. The van der Waals surface area contributed by atoms with Gasteiger partial charge in [-0.3, -0.25) is 9.36 Å². The first-order valence-corrected chi connectivity index (χ1v) is 12.2. The standard InChI is InChI=1S/C24H26N4OS2/c1-15(2)21-12-18(13-30-21)23-26-27-24(28(23)16(3)4)31-14-22(29)25-20-11-7-9-17-8-5-6-10-19(17)20/h5-13,15-16H,14H2,1-4H3,(H,25,29). The zero-order valence-corrected chi connectivity index (χ0v) is 19.8. The monoisotopic (exact) mass is 450 g/mol. The van der Waals surface area contributed by atoms with Crippen molar-refractivity contribution in [2.45, 2.75) is 44.8 Å². The number of rotatable bonds is 7. The molecule has 0 atom stereocenters. The predicted molar refractivity (Wildman–Crippen MR) is 131 cm³/mol. The molecule has 2 aromatic heterocycles. The van der Waals surface area contributed by atoms with E-state index in [1.54, 1.807) is 11.3 Å². The number of benzene rings is 2. The van der Waals surface area contributed by atoms with Crippen LogP contribution in [-0.2, 0) is 4.79 Å². The number of thioether (sulfide) groups is 1. The summed E-state index contributed by atoms with van der Waals surface area (Å²) >= 11 is 3.17. The number of hydrogen-bond acceptors (Lipinski definition) is 5. The minimum atomic E-state index is -0.0566. The lowest BCUT2D eigenvalue weighted by atomic mass is 10.1. The Bertz CT molecular complexity index is 1200. The summed E-state index contributed by atoms with van der Waals surface area (Å²) in [6, 6.07) is 16.4. The van der Waals surface area contributed by atoms with Crippen molar-refractivity contribution < 1.29 is 4.79 Å². The molecule has 0 fully saturated rings. The fraction of sp³-hybridized carbons (Fsp3) is 0.292. The summed E-state index contributed by atoms with van der Waals surface area (Å²) in [5.74, 6) is 1.56. The molecule has 4 aromatic rings. The highest BCUT2D eigenvalue weighted by Gasteiger charge is 2.19. The molecule has 4 rings (SSSR count). The Morgan fingerprint density at radius 2 is 1.87 bits per heavy atom. The molecule has 5 nitrogen and oxygen atoms in total. The lowest BCUT2D eigenvalue weighted by Crippen LogP contribution is -2.15. The van der Waals surface area contributed by atoms with Crippen molar-refractivity contribution in [3.63, 3.8) is 0 Å². The van der Waals surface area contributed by atoms with E-state index in [2.05, 4.69) is 59.2 Å². The molecule has 2 aromatic carbocycles. The van der Waals surface area contributed by atoms with Crippen molar-refractivity contribution in [1.82, 2.24) is 14.8 Å². The van der Waals surface area contributed by atoms with E-state index in [0.717, 1.165) is 33.0 Å². The minimum absolute atomic E-state index is 0.0566. The van der Waals surface area contributed by atoms with Crippen LogP contribution in [0.3, 0.4) is 0 Å². The van der Waals surface area contributed by atoms with E-state index in [-0.39, 0.29) is 17.7 Å². The summed E-state index contributed by atoms with van der Waals surface area (Å²) < 4.78 is 2.11. The average molecular weight is 451 g/mol. The van der Waals surface area contributed by atoms with Crippen LogP contribution >= 0.6 is 23.1 Å². The van der Waals surface area contributed by atoms with Gasteiger partial charge in [-0.2, -0.15) is 0 Å². The quantitative estimate of drug-likeness (QED) is 0.322. The van der Waals surface area contributed by atoms with Gasteiger partial charge in [0.25, 0.3) is 0 Å². The first-order chi connectivity index (χ1) is 14.9. The molecule has 0 spiro atoms. The second kappa shape index (κ2) is 9.24. The van der Waals surface area contributed by atoms with Gasteiger partial charge >= 0.3 is 0 Å². The number of carbonyl (C=O) groups is 1. The Labute approximate surface area is 190 Å². The Morgan fingerprint density at radius 1 is 1.10 bits per heavy atom. The molecular weight excluding hydrogens is 424 g/mol. The van der Waals surface area contributed by atoms with Gasteiger partial charge in [0, 0.05) is 32.9 Å². The largest absolute Gasteiger partial charge is 0.325 e. The van der Waals surface area contributed by atoms with Crippen LogP contribution in [0.15, 0.2) is 59.1 Å². The Morgan fingerprint density at radius 3 is 2.61 bits per heavy atom. The molecule has 1 amide bonds. The van der Waals surface area contributed by atoms with Crippen LogP contribution in [0.4, 0.5) is 5.69 Å². The van der Waals surface area contributed by atoms with Crippen LogP contribution in [0.5, 0.6) is 0 Å². The number of aromatic nitrogens is 3. The lowest BCUT2D eigenvalue weighted by Gasteiger charge is -2.13. The highest BCUT2D eigenvalue weighted by atomic mass is 32.2. The molecular formula is C24H26N4OS2. The molecule has 0 aliphatic heterocycles. The Hall–Kier alpha value is -2.64. The fourth-order valence-electron chi connectivity index (χ4n) is 3.46. The lowest BCUT2D eigenvalue weighted by molar-refractivity contribution is -0.113. The molecule has 160 valence electrons. The van der Waals surface area contributed by atoms with Crippen molar-refractivity contribution in [2.24, 2.45) is 0 Å². The number of fused-ring (bicyclic) bond motifs is 1. The van der Waals surface area contributed by atoms with Gasteiger partial charge < -0.3 is 5.32 Å². The Balaban J connectivity index is 1.50. The zero-order valence-electron chi connectivity index (χ0n) is 18.1. The first kappa shape index (κ1) is 21.6. The molecule has 0 saturated carbocycles. The van der Waals surface area contributed by atoms with E-state index in [1.165, 1.54) is 16.6 Å². The molecule has 0 aliphatic rings. The maximum absolute atomic E-state index is 12.7. The molecule has 31 heavy (non-hydrogen) atoms. The molecule has 0 aliphatic carbocycles. The summed E-state index contributed by atoms with van der Waals surface area (Å²) in [5.41, 5.74) is 1.91. The molecule has 7 heteroatoms. The highest BCUT2D eigenvalue weighted by molar-refractivity contribution is 7.99. The second-order valence-corrected chi connectivity index (χ2v) is 9.91. The van der Waals surface area contributed by atoms with E-state index in [0.29, 0.717) is 5.92 Å². The second-order valence-electron chi connectivity index (χ2n) is 8.03. The summed E-state index contributed by atoms with van der Waals surface area (Å²) in [4.78, 5) is 14.0. The van der Waals surface area contributed by atoms with Crippen molar-refractivity contribution in [2.75, 3.05) is 11.1 Å². The molecule has 0 saturated heterocycles. The van der Waals surface area contributed by atoms with Gasteiger partial charge in [0.05, 0.1) is 5.75 Å². The normalized spacial score (nSPS) is 11.5. The first-order valence-electron chi connectivity index (χ1n) is 10.4. The molecule has 0 bridgehead atoms. The van der Waals surface area contributed by atoms with Crippen LogP contribution in [0.25, 0.3) is 22.2 Å². The van der Waals surface area contributed by atoms with E-state index < -0.39 is 0 Å². The van der Waals surface area contributed by atoms with Crippen molar-refractivity contribution in [3.05, 3.63) is 58.8 Å². The van der Waals surface area contributed by atoms with Gasteiger partial charge in [0.2, 0.25) is 5.91 Å². The van der Waals surface area contributed by atoms with Crippen LogP contribution in [0, 0.1) is 0 Å². The topological polar surface area (TPSA) is 59.8 Å². The third-order valence-corrected chi connectivity index (χ3v) is 7.20. The fourth-order valence-corrected chi connectivity index (χ4v) is 5.23. The van der Waals surface area contributed by atoms with E-state index >= 15 is 0 Å². The maximum atomic E-state index is 12.7. The van der Waals surface area contributed by atoms with Crippen LogP contribution < -0.4 is 5.32 Å². The SMILES string of the molecule is CC(C)c1cc(-c2nnc(SCC(=O)Nc3cccc4ccccc34)n2C(C)C)cs1. The summed E-state index contributed by atoms with van der Waals surface area (Å²) in [6.45, 7) is 8.61. The van der Waals surface area contributed by atoms with Gasteiger partial charge in [-0.25, -0.2) is 0 Å². The number of thiophene rings is 1. The van der Waals surface area contributed by atoms with Gasteiger partial charge in [0.1, 0.15) is 0 Å². The number of nitrogens with zero attached hydrogens (tertiary/aromatic N) is 3. The number of nitrogens with one attached hydrogen (secondary N) is 1. The zero-order chi connectivity index (χ0) is 22.0. The molecule has 0 radical (unpaired) electrons. The van der Waals surface area contributed by atoms with Crippen molar-refractivity contribution in [1.29, 1.82) is 0 Å². The van der Waals surface area contributed by atoms with Crippen molar-refractivity contribution >= 4 is 45.5 Å². The van der Waals surface area contributed by atoms with E-state index in [9.17, 15) is 4.79 Å². The van der Waals surface area contributed by atoms with Crippen LogP contribution in [0.1, 0.15) is 44.5 Å². The number of carbonyl (C=O) groups excluding carboxylic acids is 1. The molecule has 0 unspecified atom stereocenters. The number of amides is 1. The van der Waals surface area contributed by atoms with Gasteiger partial charge in [-0.1, -0.05) is 62.0 Å². The van der Waals surface area contributed by atoms with Gasteiger partial charge in [-0.15, -0.1) is 21.5 Å². The molecule has 1 N–H and O–H groups in total. The summed E-state index contributed by atoms with van der Waals surface area (Å²) in [7, 11) is 0. The Kier molecular flexibility index (Phi) is 6.43. The average Bonchev–Trinajstić information content (AvgIpc) is 3.40. The summed E-state index contributed by atoms with van der Waals surface area (Å²) in [5, 5.41) is 16.9. The summed E-state index contributed by atoms with van der Waals surface area (Å²) in [6.07, 6.45) is 0. The maximum Gasteiger partial charge on any atom is 0.234 e.